The van der Waals surface area contributed by atoms with Crippen LogP contribution in [0.5, 0.6) is 11.5 Å². The molecule has 0 saturated carbocycles. The second-order valence-electron chi connectivity index (χ2n) is 4.39. The van der Waals surface area contributed by atoms with E-state index in [9.17, 15) is 4.79 Å². The zero-order valence-corrected chi connectivity index (χ0v) is 11.4. The lowest BCUT2D eigenvalue weighted by Gasteiger charge is -2.08. The van der Waals surface area contributed by atoms with Gasteiger partial charge in [-0.1, -0.05) is 18.2 Å². The van der Waals surface area contributed by atoms with Crippen LogP contribution in [0.3, 0.4) is 0 Å². The first-order valence-electron chi connectivity index (χ1n) is 6.20. The van der Waals surface area contributed by atoms with Crippen molar-refractivity contribution in [2.45, 2.75) is 6.92 Å². The van der Waals surface area contributed by atoms with E-state index in [0.29, 0.717) is 5.75 Å². The van der Waals surface area contributed by atoms with Crippen molar-refractivity contribution < 1.29 is 19.4 Å². The van der Waals surface area contributed by atoms with Gasteiger partial charge in [-0.3, -0.25) is 0 Å². The zero-order chi connectivity index (χ0) is 14.5. The van der Waals surface area contributed by atoms with Crippen LogP contribution in [0.15, 0.2) is 42.5 Å². The second-order valence-corrected chi connectivity index (χ2v) is 4.39. The summed E-state index contributed by atoms with van der Waals surface area (Å²) in [5, 5.41) is 8.55. The van der Waals surface area contributed by atoms with Gasteiger partial charge in [0.05, 0.1) is 7.11 Å². The Hall–Kier alpha value is -2.49. The van der Waals surface area contributed by atoms with E-state index in [0.717, 1.165) is 22.4 Å². The molecular formula is C16H16O4. The number of aliphatic carboxylic acids is 1. The van der Waals surface area contributed by atoms with Gasteiger partial charge >= 0.3 is 5.97 Å². The molecule has 2 rings (SSSR count). The second kappa shape index (κ2) is 6.10. The molecule has 0 amide bonds. The number of carboxylic acid groups (broad SMARTS) is 1. The third-order valence-electron chi connectivity index (χ3n) is 2.94. The molecule has 4 heteroatoms. The average Bonchev–Trinajstić information content (AvgIpc) is 2.45. The minimum absolute atomic E-state index is 0.332. The van der Waals surface area contributed by atoms with Crippen molar-refractivity contribution in [1.29, 1.82) is 0 Å². The van der Waals surface area contributed by atoms with Crippen molar-refractivity contribution in [3.05, 3.63) is 48.0 Å². The molecule has 0 atom stereocenters. The Labute approximate surface area is 117 Å². The first kappa shape index (κ1) is 13.9. The maximum atomic E-state index is 10.4. The van der Waals surface area contributed by atoms with E-state index in [1.54, 1.807) is 19.2 Å². The molecule has 2 aromatic rings. The topological polar surface area (TPSA) is 55.8 Å². The summed E-state index contributed by atoms with van der Waals surface area (Å²) >= 11 is 0. The Morgan fingerprint density at radius 3 is 2.30 bits per heavy atom. The van der Waals surface area contributed by atoms with Gasteiger partial charge in [0.1, 0.15) is 11.5 Å². The zero-order valence-electron chi connectivity index (χ0n) is 11.4. The molecule has 1 N–H and O–H groups in total. The number of methoxy groups -OCH3 is 1. The van der Waals surface area contributed by atoms with Crippen LogP contribution in [-0.4, -0.2) is 24.8 Å². The van der Waals surface area contributed by atoms with Crippen LogP contribution in [0, 0.1) is 6.92 Å². The van der Waals surface area contributed by atoms with Crippen LogP contribution in [0.25, 0.3) is 11.1 Å². The smallest absolute Gasteiger partial charge is 0.341 e. The molecule has 0 heterocycles. The van der Waals surface area contributed by atoms with Crippen molar-refractivity contribution in [3.63, 3.8) is 0 Å². The minimum Gasteiger partial charge on any atom is -0.496 e. The van der Waals surface area contributed by atoms with E-state index in [4.69, 9.17) is 14.6 Å². The normalized spacial score (nSPS) is 10.1. The van der Waals surface area contributed by atoms with Gasteiger partial charge in [-0.2, -0.15) is 0 Å². The highest BCUT2D eigenvalue weighted by Crippen LogP contribution is 2.27. The summed E-state index contributed by atoms with van der Waals surface area (Å²) in [6.45, 7) is 1.66. The molecule has 0 spiro atoms. The van der Waals surface area contributed by atoms with Crippen molar-refractivity contribution in [3.8, 4) is 22.6 Å². The van der Waals surface area contributed by atoms with E-state index in [1.807, 2.05) is 37.3 Å². The van der Waals surface area contributed by atoms with Gasteiger partial charge < -0.3 is 14.6 Å². The molecule has 0 aliphatic heterocycles. The van der Waals surface area contributed by atoms with Gasteiger partial charge in [0.2, 0.25) is 0 Å². The molecule has 0 saturated heterocycles. The molecule has 0 aromatic heterocycles. The van der Waals surface area contributed by atoms with E-state index in [1.165, 1.54) is 0 Å². The fourth-order valence-corrected chi connectivity index (χ4v) is 1.95. The summed E-state index contributed by atoms with van der Waals surface area (Å²) in [7, 11) is 1.65. The summed E-state index contributed by atoms with van der Waals surface area (Å²) in [6, 6.07) is 13.3. The predicted molar refractivity (Wildman–Crippen MR) is 76.3 cm³/mol. The molecule has 2 aromatic carbocycles. The average molecular weight is 272 g/mol. The maximum Gasteiger partial charge on any atom is 0.341 e. The van der Waals surface area contributed by atoms with Gasteiger partial charge in [0.25, 0.3) is 0 Å². The first-order valence-corrected chi connectivity index (χ1v) is 6.20. The summed E-state index contributed by atoms with van der Waals surface area (Å²) in [5.74, 6) is 0.413. The van der Waals surface area contributed by atoms with Gasteiger partial charge in [-0.05, 0) is 47.9 Å². The molecule has 0 radical (unpaired) electrons. The third kappa shape index (κ3) is 3.29. The van der Waals surface area contributed by atoms with Gasteiger partial charge in [0.15, 0.2) is 6.61 Å². The first-order chi connectivity index (χ1) is 9.60. The molecule has 0 aliphatic rings. The maximum absolute atomic E-state index is 10.4. The number of benzene rings is 2. The molecule has 20 heavy (non-hydrogen) atoms. The van der Waals surface area contributed by atoms with E-state index in [2.05, 4.69) is 0 Å². The molecular weight excluding hydrogens is 256 g/mol. The van der Waals surface area contributed by atoms with Crippen LogP contribution in [0.2, 0.25) is 0 Å². The Kier molecular flexibility index (Phi) is 4.25. The fraction of sp³-hybridized carbons (Fsp3) is 0.188. The van der Waals surface area contributed by atoms with Crippen LogP contribution in [0.4, 0.5) is 0 Å². The molecule has 4 nitrogen and oxygen atoms in total. The summed E-state index contributed by atoms with van der Waals surface area (Å²) in [4.78, 5) is 10.4. The molecule has 104 valence electrons. The number of hydrogen-bond acceptors (Lipinski definition) is 3. The predicted octanol–water partition coefficient (Wildman–Crippen LogP) is 3.13. The largest absolute Gasteiger partial charge is 0.496 e. The van der Waals surface area contributed by atoms with E-state index < -0.39 is 5.97 Å². The van der Waals surface area contributed by atoms with Gasteiger partial charge in [-0.15, -0.1) is 0 Å². The lowest BCUT2D eigenvalue weighted by atomic mass is 10.0. The standard InChI is InChI=1S/C16H16O4/c1-11-9-13(5-8-15(11)19-2)12-3-6-14(7-4-12)20-10-16(17)18/h3-9H,10H2,1-2H3,(H,17,18). The van der Waals surface area contributed by atoms with Crippen molar-refractivity contribution >= 4 is 5.97 Å². The van der Waals surface area contributed by atoms with Crippen LogP contribution in [0.1, 0.15) is 5.56 Å². The Balaban J connectivity index is 2.17. The number of aryl methyl sites for hydroxylation is 1. The van der Waals surface area contributed by atoms with Crippen molar-refractivity contribution in [1.82, 2.24) is 0 Å². The van der Waals surface area contributed by atoms with E-state index in [-0.39, 0.29) is 6.61 Å². The van der Waals surface area contributed by atoms with E-state index >= 15 is 0 Å². The van der Waals surface area contributed by atoms with Crippen LogP contribution >= 0.6 is 0 Å². The number of carbonyl (C=O) groups is 1. The highest BCUT2D eigenvalue weighted by Gasteiger charge is 2.04. The highest BCUT2D eigenvalue weighted by molar-refractivity contribution is 5.69. The molecule has 0 unspecified atom stereocenters. The van der Waals surface area contributed by atoms with Crippen molar-refractivity contribution in [2.24, 2.45) is 0 Å². The number of ether oxygens (including phenoxy) is 2. The summed E-state index contributed by atoms with van der Waals surface area (Å²) < 4.78 is 10.3. The summed E-state index contributed by atoms with van der Waals surface area (Å²) in [5.41, 5.74) is 3.18. The molecule has 0 fully saturated rings. The van der Waals surface area contributed by atoms with Crippen molar-refractivity contribution in [2.75, 3.05) is 13.7 Å². The fourth-order valence-electron chi connectivity index (χ4n) is 1.95. The van der Waals surface area contributed by atoms with Gasteiger partial charge in [0, 0.05) is 0 Å². The van der Waals surface area contributed by atoms with Crippen LogP contribution < -0.4 is 9.47 Å². The third-order valence-corrected chi connectivity index (χ3v) is 2.94. The van der Waals surface area contributed by atoms with Gasteiger partial charge in [-0.25, -0.2) is 4.79 Å². The number of carboxylic acids is 1. The number of hydrogen-bond donors (Lipinski definition) is 1. The Morgan fingerprint density at radius 2 is 1.75 bits per heavy atom. The summed E-state index contributed by atoms with van der Waals surface area (Å²) in [6.07, 6.45) is 0. The minimum atomic E-state index is -0.986. The number of rotatable bonds is 5. The Morgan fingerprint density at radius 1 is 1.10 bits per heavy atom. The quantitative estimate of drug-likeness (QED) is 0.908. The SMILES string of the molecule is COc1ccc(-c2ccc(OCC(=O)O)cc2)cc1C. The molecule has 0 aliphatic carbocycles. The molecule has 0 bridgehead atoms. The lowest BCUT2D eigenvalue weighted by molar-refractivity contribution is -0.139. The van der Waals surface area contributed by atoms with Crippen LogP contribution in [-0.2, 0) is 4.79 Å². The lowest BCUT2D eigenvalue weighted by Crippen LogP contribution is -2.09. The highest BCUT2D eigenvalue weighted by atomic mass is 16.5. The Bertz CT molecular complexity index is 602. The monoisotopic (exact) mass is 272 g/mol.